The van der Waals surface area contributed by atoms with Crippen LogP contribution < -0.4 is 5.32 Å². The van der Waals surface area contributed by atoms with Crippen molar-refractivity contribution < 1.29 is 33.8 Å². The molecule has 2 amide bonds. The molecule has 3 aromatic rings. The highest BCUT2D eigenvalue weighted by molar-refractivity contribution is 5.89. The fraction of sp³-hybridized carbons (Fsp3) is 0.316. The van der Waals surface area contributed by atoms with E-state index in [-0.39, 0.29) is 45.1 Å². The number of carbonyl (C=O) groups is 4. The smallest absolute Gasteiger partial charge is 0.332 e. The number of amides is 2. The van der Waals surface area contributed by atoms with Crippen molar-refractivity contribution in [3.05, 3.63) is 133 Å². The molecule has 0 aliphatic heterocycles. The minimum atomic E-state index is -1.32. The van der Waals surface area contributed by atoms with Gasteiger partial charge in [0.05, 0.1) is 18.4 Å². The van der Waals surface area contributed by atoms with Crippen molar-refractivity contribution in [3.8, 4) is 0 Å². The van der Waals surface area contributed by atoms with E-state index in [1.165, 1.54) is 11.0 Å². The van der Waals surface area contributed by atoms with Gasteiger partial charge in [-0.2, -0.15) is 0 Å². The Kier molecular flexibility index (Phi) is 15.6. The number of aliphatic hydroxyl groups excluding tert-OH is 1. The number of carbonyl (C=O) groups excluding carboxylic acids is 4. The number of benzene rings is 3. The van der Waals surface area contributed by atoms with Crippen molar-refractivity contribution in [1.82, 2.24) is 10.2 Å². The number of ether oxygens (including phenoxy) is 2. The quantitative estimate of drug-likeness (QED) is 0.134. The Morgan fingerprint density at radius 1 is 0.745 bits per heavy atom. The molecule has 0 saturated heterocycles. The average Bonchev–Trinajstić information content (AvgIpc) is 3.09. The number of nitrogens with zero attached hydrogens (tertiary/aromatic N) is 1. The molecule has 9 heteroatoms. The summed E-state index contributed by atoms with van der Waals surface area (Å²) in [6.45, 7) is 7.10. The molecule has 0 radical (unpaired) electrons. The number of aliphatic hydroxyl groups is 1. The number of esters is 2. The second-order valence-corrected chi connectivity index (χ2v) is 11.1. The Hall–Kier alpha value is -5.02. The molecule has 248 valence electrons. The SMILES string of the molecule is C=CC[C@H](CC(=O)N(CCO)Cc1ccccc1)C(=O)N[C@H](COC(=O)[C@@H](CC=C)Cc1ccccc1)C(=O)OCc1ccccc1. The molecule has 0 saturated carbocycles. The lowest BCUT2D eigenvalue weighted by Gasteiger charge is -2.25. The monoisotopic (exact) mass is 640 g/mol. The van der Waals surface area contributed by atoms with Gasteiger partial charge in [0.15, 0.2) is 6.04 Å². The van der Waals surface area contributed by atoms with Crippen molar-refractivity contribution in [2.45, 2.75) is 44.9 Å². The second-order valence-electron chi connectivity index (χ2n) is 11.1. The van der Waals surface area contributed by atoms with Gasteiger partial charge in [-0.1, -0.05) is 103 Å². The molecule has 2 N–H and O–H groups in total. The highest BCUT2D eigenvalue weighted by Crippen LogP contribution is 2.17. The Morgan fingerprint density at radius 2 is 1.30 bits per heavy atom. The van der Waals surface area contributed by atoms with Crippen molar-refractivity contribution >= 4 is 23.8 Å². The summed E-state index contributed by atoms with van der Waals surface area (Å²) in [4.78, 5) is 54.9. The number of hydrogen-bond acceptors (Lipinski definition) is 7. The number of rotatable bonds is 20. The largest absolute Gasteiger partial charge is 0.463 e. The molecule has 3 rings (SSSR count). The Labute approximate surface area is 276 Å². The van der Waals surface area contributed by atoms with Crippen LogP contribution in [0.25, 0.3) is 0 Å². The van der Waals surface area contributed by atoms with Crippen LogP contribution in [0.15, 0.2) is 116 Å². The lowest BCUT2D eigenvalue weighted by atomic mass is 9.96. The van der Waals surface area contributed by atoms with E-state index in [1.54, 1.807) is 18.2 Å². The maximum atomic E-state index is 13.6. The first-order valence-corrected chi connectivity index (χ1v) is 15.7. The van der Waals surface area contributed by atoms with E-state index >= 15 is 0 Å². The van der Waals surface area contributed by atoms with Crippen LogP contribution in [0.5, 0.6) is 0 Å². The zero-order chi connectivity index (χ0) is 33.9. The van der Waals surface area contributed by atoms with Crippen LogP contribution in [0.2, 0.25) is 0 Å². The van der Waals surface area contributed by atoms with Crippen LogP contribution in [0, 0.1) is 11.8 Å². The minimum absolute atomic E-state index is 0.0444. The molecule has 0 aliphatic rings. The Balaban J connectivity index is 1.73. The molecule has 0 aromatic heterocycles. The van der Waals surface area contributed by atoms with Crippen LogP contribution in [0.1, 0.15) is 36.0 Å². The van der Waals surface area contributed by atoms with Crippen LogP contribution in [-0.2, 0) is 48.2 Å². The first kappa shape index (κ1) is 36.4. The van der Waals surface area contributed by atoms with Gasteiger partial charge in [-0.15, -0.1) is 13.2 Å². The summed E-state index contributed by atoms with van der Waals surface area (Å²) in [6.07, 6.45) is 3.90. The molecule has 3 atom stereocenters. The van der Waals surface area contributed by atoms with Crippen molar-refractivity contribution in [2.24, 2.45) is 11.8 Å². The summed E-state index contributed by atoms with van der Waals surface area (Å²) in [5, 5.41) is 12.3. The number of hydrogen-bond donors (Lipinski definition) is 2. The van der Waals surface area contributed by atoms with Gasteiger partial charge in [0.25, 0.3) is 0 Å². The van der Waals surface area contributed by atoms with E-state index in [2.05, 4.69) is 18.5 Å². The number of nitrogens with one attached hydrogen (secondary N) is 1. The lowest BCUT2D eigenvalue weighted by molar-refractivity contribution is -0.157. The summed E-state index contributed by atoms with van der Waals surface area (Å²) in [5.74, 6) is -3.67. The highest BCUT2D eigenvalue weighted by atomic mass is 16.6. The van der Waals surface area contributed by atoms with Crippen molar-refractivity contribution in [1.29, 1.82) is 0 Å². The van der Waals surface area contributed by atoms with E-state index in [4.69, 9.17) is 9.47 Å². The van der Waals surface area contributed by atoms with E-state index in [0.29, 0.717) is 12.8 Å². The van der Waals surface area contributed by atoms with Crippen LogP contribution in [0.3, 0.4) is 0 Å². The van der Waals surface area contributed by atoms with Crippen LogP contribution in [-0.4, -0.2) is 59.6 Å². The summed E-state index contributed by atoms with van der Waals surface area (Å²) < 4.78 is 11.1. The molecule has 0 unspecified atom stereocenters. The third-order valence-electron chi connectivity index (χ3n) is 7.51. The van der Waals surface area contributed by atoms with Gasteiger partial charge in [0, 0.05) is 19.5 Å². The van der Waals surface area contributed by atoms with Crippen molar-refractivity contribution in [3.63, 3.8) is 0 Å². The minimum Gasteiger partial charge on any atom is -0.463 e. The molecule has 0 heterocycles. The van der Waals surface area contributed by atoms with E-state index in [1.807, 2.05) is 78.9 Å². The molecule has 3 aromatic carbocycles. The summed E-state index contributed by atoms with van der Waals surface area (Å²) in [5.41, 5.74) is 2.57. The van der Waals surface area contributed by atoms with Gasteiger partial charge in [0.1, 0.15) is 13.2 Å². The van der Waals surface area contributed by atoms with Crippen LogP contribution >= 0.6 is 0 Å². The fourth-order valence-corrected chi connectivity index (χ4v) is 4.97. The topological polar surface area (TPSA) is 122 Å². The molecule has 9 nitrogen and oxygen atoms in total. The predicted octanol–water partition coefficient (Wildman–Crippen LogP) is 4.80. The maximum Gasteiger partial charge on any atom is 0.332 e. The van der Waals surface area contributed by atoms with E-state index in [9.17, 15) is 24.3 Å². The molecule has 0 fully saturated rings. The second kappa shape index (κ2) is 20.2. The Morgan fingerprint density at radius 3 is 1.87 bits per heavy atom. The van der Waals surface area contributed by atoms with Gasteiger partial charge >= 0.3 is 11.9 Å². The summed E-state index contributed by atoms with van der Waals surface area (Å²) >= 11 is 0. The first-order valence-electron chi connectivity index (χ1n) is 15.7. The standard InChI is InChI=1S/C38H44N2O7/c1-3-14-32(25-35(42)40(22-23-41)26-30-18-10-6-11-19-30)36(43)39-34(38(45)46-27-31-20-12-7-13-21-31)28-47-37(44)33(15-4-2)24-29-16-8-5-9-17-29/h3-13,16-21,32-34,41H,1-2,14-15,22-28H2,(H,39,43)/t32-,33+,34-/m1/s1. The van der Waals surface area contributed by atoms with E-state index in [0.717, 1.165) is 16.7 Å². The summed E-state index contributed by atoms with van der Waals surface area (Å²) in [6, 6.07) is 26.5. The molecular weight excluding hydrogens is 596 g/mol. The molecule has 47 heavy (non-hydrogen) atoms. The fourth-order valence-electron chi connectivity index (χ4n) is 4.97. The van der Waals surface area contributed by atoms with E-state index < -0.39 is 42.3 Å². The highest BCUT2D eigenvalue weighted by Gasteiger charge is 2.31. The van der Waals surface area contributed by atoms with Gasteiger partial charge < -0.3 is 24.8 Å². The maximum absolute atomic E-state index is 13.6. The Bertz CT molecular complexity index is 1430. The third kappa shape index (κ3) is 12.7. The number of allylic oxidation sites excluding steroid dienone is 2. The summed E-state index contributed by atoms with van der Waals surface area (Å²) in [7, 11) is 0. The van der Waals surface area contributed by atoms with Gasteiger partial charge in [-0.25, -0.2) is 4.79 Å². The van der Waals surface area contributed by atoms with Gasteiger partial charge in [0.2, 0.25) is 11.8 Å². The average molecular weight is 641 g/mol. The zero-order valence-corrected chi connectivity index (χ0v) is 26.7. The lowest BCUT2D eigenvalue weighted by Crippen LogP contribution is -2.48. The van der Waals surface area contributed by atoms with Gasteiger partial charge in [-0.05, 0) is 36.0 Å². The molecule has 0 spiro atoms. The molecule has 0 bridgehead atoms. The molecular formula is C38H44N2O7. The first-order chi connectivity index (χ1) is 22.8. The third-order valence-corrected chi connectivity index (χ3v) is 7.51. The normalized spacial score (nSPS) is 12.5. The molecule has 0 aliphatic carbocycles. The van der Waals surface area contributed by atoms with Crippen molar-refractivity contribution in [2.75, 3.05) is 19.8 Å². The predicted molar refractivity (Wildman–Crippen MR) is 179 cm³/mol. The zero-order valence-electron chi connectivity index (χ0n) is 26.7. The van der Waals surface area contributed by atoms with Gasteiger partial charge in [-0.3, -0.25) is 14.4 Å². The van der Waals surface area contributed by atoms with Crippen LogP contribution in [0.4, 0.5) is 0 Å².